The molecule has 1 heterocycles. The van der Waals surface area contributed by atoms with Crippen LogP contribution in [-0.2, 0) is 0 Å². The average Bonchev–Trinajstić information content (AvgIpc) is 1.87. The number of aromatic nitrogens is 1. The van der Waals surface area contributed by atoms with Crippen LogP contribution in [0.3, 0.4) is 0 Å². The molecular weight excluding hydrogens is 130 g/mol. The summed E-state index contributed by atoms with van der Waals surface area (Å²) in [6.07, 6.45) is 0. The first-order valence-corrected chi connectivity index (χ1v) is 2.90. The van der Waals surface area contributed by atoms with Crippen molar-refractivity contribution in [1.29, 1.82) is 0 Å². The van der Waals surface area contributed by atoms with Crippen LogP contribution in [0.4, 0.5) is 0 Å². The largest absolute Gasteiger partial charge is 0.420 e. The molecule has 0 bridgehead atoms. The summed E-state index contributed by atoms with van der Waals surface area (Å²) >= 11 is 5.82. The summed E-state index contributed by atoms with van der Waals surface area (Å²) in [5.74, 6) is 0.648. The second kappa shape index (κ2) is 1.71. The van der Waals surface area contributed by atoms with Crippen molar-refractivity contribution in [2.45, 2.75) is 6.92 Å². The average molecular weight is 133 g/mol. The molecule has 0 spiro atoms. The van der Waals surface area contributed by atoms with Crippen molar-refractivity contribution in [3.63, 3.8) is 0 Å². The monoisotopic (exact) mass is 133 g/mol. The molecule has 0 saturated heterocycles. The van der Waals surface area contributed by atoms with Gasteiger partial charge < -0.3 is 4.42 Å². The van der Waals surface area contributed by atoms with E-state index in [2.05, 4.69) is 16.6 Å². The summed E-state index contributed by atoms with van der Waals surface area (Å²) in [6.45, 7) is 1.77. The minimum Gasteiger partial charge on any atom is -0.420 e. The molecule has 0 aromatic carbocycles. The molecule has 0 aliphatic rings. The highest BCUT2D eigenvalue weighted by molar-refractivity contribution is 7.73. The lowest BCUT2D eigenvalue weighted by Crippen LogP contribution is -1.58. The van der Waals surface area contributed by atoms with E-state index in [1.165, 1.54) is 11.5 Å². The highest BCUT2D eigenvalue weighted by atomic mass is 32.2. The van der Waals surface area contributed by atoms with Gasteiger partial charge in [-0.3, -0.25) is 0 Å². The van der Waals surface area contributed by atoms with Crippen molar-refractivity contribution < 1.29 is 4.42 Å². The predicted molar refractivity (Wildman–Crippen MR) is 30.0 cm³/mol. The van der Waals surface area contributed by atoms with Crippen LogP contribution in [0.15, 0.2) is 4.42 Å². The second-order valence-corrected chi connectivity index (χ2v) is 2.42. The Kier molecular flexibility index (Phi) is 1.21. The molecule has 7 heavy (non-hydrogen) atoms. The number of aryl methyl sites for hydroxylation is 1. The molecule has 1 aromatic rings. The van der Waals surface area contributed by atoms with Gasteiger partial charge in [-0.05, 0) is 12.2 Å². The first-order chi connectivity index (χ1) is 3.29. The van der Waals surface area contributed by atoms with E-state index in [0.717, 1.165) is 0 Å². The van der Waals surface area contributed by atoms with E-state index < -0.39 is 0 Å². The van der Waals surface area contributed by atoms with Crippen molar-refractivity contribution in [2.24, 2.45) is 0 Å². The van der Waals surface area contributed by atoms with E-state index in [-0.39, 0.29) is 0 Å². The lowest BCUT2D eigenvalue weighted by Gasteiger charge is -1.65. The molecule has 0 amide bonds. The van der Waals surface area contributed by atoms with E-state index in [1.807, 2.05) is 0 Å². The number of nitrogens with zero attached hydrogens (tertiary/aromatic N) is 1. The van der Waals surface area contributed by atoms with Crippen LogP contribution < -0.4 is 0 Å². The number of rotatable bonds is 0. The Morgan fingerprint density at radius 3 is 2.71 bits per heavy atom. The smallest absolute Gasteiger partial charge is 0.266 e. The summed E-state index contributed by atoms with van der Waals surface area (Å²) in [4.78, 5) is 0. The fraction of sp³-hybridized carbons (Fsp3) is 0.333. The van der Waals surface area contributed by atoms with E-state index in [9.17, 15) is 0 Å². The van der Waals surface area contributed by atoms with Crippen LogP contribution in [0.2, 0.25) is 0 Å². The Labute approximate surface area is 50.0 Å². The van der Waals surface area contributed by atoms with Crippen LogP contribution >= 0.6 is 23.8 Å². The lowest BCUT2D eigenvalue weighted by atomic mass is 10.8. The van der Waals surface area contributed by atoms with Crippen molar-refractivity contribution in [3.8, 4) is 0 Å². The van der Waals surface area contributed by atoms with E-state index in [1.54, 1.807) is 6.92 Å². The van der Waals surface area contributed by atoms with E-state index >= 15 is 0 Å². The van der Waals surface area contributed by atoms with Gasteiger partial charge in [0.2, 0.25) is 5.89 Å². The van der Waals surface area contributed by atoms with Crippen LogP contribution in [-0.4, -0.2) is 4.37 Å². The van der Waals surface area contributed by atoms with E-state index in [0.29, 0.717) is 9.91 Å². The third-order valence-electron chi connectivity index (χ3n) is 0.480. The molecule has 1 rings (SSSR count). The normalized spacial score (nSPS) is 9.29. The molecule has 0 radical (unpaired) electrons. The SMILES string of the molecule is Cc1nsc(=S)o1. The summed E-state index contributed by atoms with van der Waals surface area (Å²) in [6, 6.07) is 0. The highest BCUT2D eigenvalue weighted by Crippen LogP contribution is 2.00. The molecule has 0 aliphatic heterocycles. The molecule has 1 aromatic heterocycles. The maximum absolute atomic E-state index is 4.81. The summed E-state index contributed by atoms with van der Waals surface area (Å²) in [5, 5.41) is 0. The third kappa shape index (κ3) is 1.07. The summed E-state index contributed by atoms with van der Waals surface area (Å²) in [7, 11) is 0. The molecule has 0 saturated carbocycles. The molecule has 38 valence electrons. The van der Waals surface area contributed by atoms with Crippen LogP contribution in [0.25, 0.3) is 0 Å². The van der Waals surface area contributed by atoms with Crippen LogP contribution in [0.1, 0.15) is 5.89 Å². The topological polar surface area (TPSA) is 26.0 Å². The van der Waals surface area contributed by atoms with Gasteiger partial charge in [-0.1, -0.05) is 0 Å². The van der Waals surface area contributed by atoms with Gasteiger partial charge >= 0.3 is 0 Å². The zero-order chi connectivity index (χ0) is 5.28. The first kappa shape index (κ1) is 4.93. The van der Waals surface area contributed by atoms with Gasteiger partial charge in [-0.25, -0.2) is 0 Å². The predicted octanol–water partition coefficient (Wildman–Crippen LogP) is 1.77. The van der Waals surface area contributed by atoms with Crippen LogP contribution in [0.5, 0.6) is 0 Å². The molecule has 4 heteroatoms. The summed E-state index contributed by atoms with van der Waals surface area (Å²) in [5.41, 5.74) is 0. The van der Waals surface area contributed by atoms with Crippen molar-refractivity contribution in [2.75, 3.05) is 0 Å². The van der Waals surface area contributed by atoms with Gasteiger partial charge in [0, 0.05) is 18.5 Å². The quantitative estimate of drug-likeness (QED) is 0.504. The van der Waals surface area contributed by atoms with Crippen molar-refractivity contribution in [1.82, 2.24) is 4.37 Å². The highest BCUT2D eigenvalue weighted by Gasteiger charge is 1.85. The Hall–Kier alpha value is -0.220. The van der Waals surface area contributed by atoms with Crippen molar-refractivity contribution >= 4 is 23.8 Å². The molecule has 0 unspecified atom stereocenters. The van der Waals surface area contributed by atoms with Gasteiger partial charge in [-0.2, -0.15) is 4.37 Å². The molecular formula is C3H3NOS2. The molecule has 0 atom stereocenters. The first-order valence-electron chi connectivity index (χ1n) is 1.72. The lowest BCUT2D eigenvalue weighted by molar-refractivity contribution is 0.510. The summed E-state index contributed by atoms with van der Waals surface area (Å²) < 4.78 is 9.09. The van der Waals surface area contributed by atoms with Gasteiger partial charge in [0.05, 0.1) is 0 Å². The minimum absolute atomic E-state index is 0.498. The molecule has 2 nitrogen and oxygen atoms in total. The van der Waals surface area contributed by atoms with Crippen LogP contribution in [0, 0.1) is 10.9 Å². The van der Waals surface area contributed by atoms with Gasteiger partial charge in [0.25, 0.3) is 4.02 Å². The Balaban J connectivity index is 3.30. The fourth-order valence-electron chi connectivity index (χ4n) is 0.259. The second-order valence-electron chi connectivity index (χ2n) is 1.05. The number of hydrogen-bond donors (Lipinski definition) is 0. The van der Waals surface area contributed by atoms with Gasteiger partial charge in [-0.15, -0.1) is 0 Å². The zero-order valence-electron chi connectivity index (χ0n) is 3.67. The number of hydrogen-bond acceptors (Lipinski definition) is 4. The Morgan fingerprint density at radius 2 is 2.57 bits per heavy atom. The maximum atomic E-state index is 4.81. The standard InChI is InChI=1S/C3H3NOS2/c1-2-4-7-3(6)5-2/h1H3. The molecule has 0 fully saturated rings. The fourth-order valence-corrected chi connectivity index (χ4v) is 0.890. The van der Waals surface area contributed by atoms with E-state index in [4.69, 9.17) is 4.42 Å². The Bertz CT molecular complexity index is 201. The Morgan fingerprint density at radius 1 is 1.86 bits per heavy atom. The molecule has 0 N–H and O–H groups in total. The minimum atomic E-state index is 0.498. The van der Waals surface area contributed by atoms with Gasteiger partial charge in [0.15, 0.2) is 0 Å². The maximum Gasteiger partial charge on any atom is 0.266 e. The molecule has 0 aliphatic carbocycles. The third-order valence-corrected chi connectivity index (χ3v) is 1.37. The zero-order valence-corrected chi connectivity index (χ0v) is 5.30. The van der Waals surface area contributed by atoms with Crippen molar-refractivity contribution in [3.05, 3.63) is 9.91 Å². The van der Waals surface area contributed by atoms with Gasteiger partial charge in [0.1, 0.15) is 0 Å².